The van der Waals surface area contributed by atoms with Crippen LogP contribution in [0.2, 0.25) is 0 Å². The molecule has 1 heterocycles. The van der Waals surface area contributed by atoms with Crippen molar-refractivity contribution >= 4 is 27.1 Å². The predicted molar refractivity (Wildman–Crippen MR) is 103 cm³/mol. The second-order valence-corrected chi connectivity index (χ2v) is 8.69. The van der Waals surface area contributed by atoms with E-state index in [4.69, 9.17) is 0 Å². The van der Waals surface area contributed by atoms with E-state index >= 15 is 0 Å². The van der Waals surface area contributed by atoms with Crippen molar-refractivity contribution in [2.24, 2.45) is 4.99 Å². The zero-order valence-corrected chi connectivity index (χ0v) is 16.2. The molecule has 0 atom stereocenters. The first kappa shape index (κ1) is 19.4. The number of sulfone groups is 1. The van der Waals surface area contributed by atoms with E-state index in [-0.39, 0.29) is 5.75 Å². The van der Waals surface area contributed by atoms with Gasteiger partial charge in [-0.1, -0.05) is 18.2 Å². The molecule has 8 heteroatoms. The second-order valence-electron chi connectivity index (χ2n) is 5.52. The number of guanidine groups is 1. The molecule has 25 heavy (non-hydrogen) atoms. The number of aliphatic imine (C=N–C) groups is 1. The summed E-state index contributed by atoms with van der Waals surface area (Å²) in [7, 11) is -1.53. The van der Waals surface area contributed by atoms with Gasteiger partial charge in [0.15, 0.2) is 15.8 Å². The van der Waals surface area contributed by atoms with E-state index in [1.165, 1.54) is 0 Å². The van der Waals surface area contributed by atoms with E-state index in [9.17, 15) is 8.42 Å². The van der Waals surface area contributed by atoms with Crippen molar-refractivity contribution in [2.75, 3.05) is 25.9 Å². The molecule has 0 radical (unpaired) electrons. The Balaban J connectivity index is 1.69. The third-order valence-electron chi connectivity index (χ3n) is 3.55. The minimum atomic E-state index is -3.22. The van der Waals surface area contributed by atoms with E-state index < -0.39 is 9.84 Å². The number of benzene rings is 1. The number of hydrogen-bond acceptors (Lipinski definition) is 5. The SMILES string of the molecule is CN=C(NCCCS(=O)(=O)c1ccccc1)NCCc1csc(C)n1. The smallest absolute Gasteiger partial charge is 0.190 e. The third kappa shape index (κ3) is 6.47. The Labute approximate surface area is 153 Å². The molecule has 0 amide bonds. The molecule has 1 aromatic heterocycles. The number of aryl methyl sites for hydroxylation is 1. The summed E-state index contributed by atoms with van der Waals surface area (Å²) in [6.45, 7) is 3.26. The van der Waals surface area contributed by atoms with Crippen LogP contribution in [0, 0.1) is 6.92 Å². The Hall–Kier alpha value is -1.93. The summed E-state index contributed by atoms with van der Waals surface area (Å²) in [5, 5.41) is 9.48. The lowest BCUT2D eigenvalue weighted by atomic mass is 10.3. The van der Waals surface area contributed by atoms with Crippen LogP contribution in [-0.2, 0) is 16.3 Å². The molecule has 0 bridgehead atoms. The van der Waals surface area contributed by atoms with Gasteiger partial charge in [-0.2, -0.15) is 0 Å². The molecule has 0 aliphatic heterocycles. The Morgan fingerprint density at radius 1 is 1.20 bits per heavy atom. The molecular formula is C17H24N4O2S2. The number of nitrogens with one attached hydrogen (secondary N) is 2. The van der Waals surface area contributed by atoms with E-state index in [0.717, 1.165) is 23.7 Å². The minimum Gasteiger partial charge on any atom is -0.356 e. The lowest BCUT2D eigenvalue weighted by Crippen LogP contribution is -2.39. The highest BCUT2D eigenvalue weighted by molar-refractivity contribution is 7.91. The fourth-order valence-electron chi connectivity index (χ4n) is 2.27. The van der Waals surface area contributed by atoms with E-state index in [1.54, 1.807) is 42.6 Å². The van der Waals surface area contributed by atoms with Gasteiger partial charge in [-0.05, 0) is 25.5 Å². The van der Waals surface area contributed by atoms with Gasteiger partial charge >= 0.3 is 0 Å². The topological polar surface area (TPSA) is 83.5 Å². The maximum Gasteiger partial charge on any atom is 0.190 e. The molecule has 2 N–H and O–H groups in total. The van der Waals surface area contributed by atoms with Crippen molar-refractivity contribution in [3.8, 4) is 0 Å². The van der Waals surface area contributed by atoms with Crippen molar-refractivity contribution in [1.29, 1.82) is 0 Å². The van der Waals surface area contributed by atoms with Gasteiger partial charge in [0.1, 0.15) is 0 Å². The van der Waals surface area contributed by atoms with Gasteiger partial charge in [0.05, 0.1) is 21.3 Å². The van der Waals surface area contributed by atoms with Gasteiger partial charge < -0.3 is 10.6 Å². The maximum absolute atomic E-state index is 12.2. The van der Waals surface area contributed by atoms with Gasteiger partial charge in [0, 0.05) is 31.9 Å². The van der Waals surface area contributed by atoms with Crippen LogP contribution in [0.1, 0.15) is 17.1 Å². The monoisotopic (exact) mass is 380 g/mol. The lowest BCUT2D eigenvalue weighted by molar-refractivity contribution is 0.592. The van der Waals surface area contributed by atoms with Gasteiger partial charge in [0.25, 0.3) is 0 Å². The summed E-state index contributed by atoms with van der Waals surface area (Å²) in [4.78, 5) is 8.93. The van der Waals surface area contributed by atoms with Crippen molar-refractivity contribution in [3.05, 3.63) is 46.4 Å². The standard InChI is InChI=1S/C17H24N4O2S2/c1-14-21-15(13-24-14)9-11-20-17(18-2)19-10-6-12-25(22,23)16-7-4-3-5-8-16/h3-5,7-8,13H,6,9-12H2,1-2H3,(H2,18,19,20). The van der Waals surface area contributed by atoms with Crippen LogP contribution in [0.15, 0.2) is 45.6 Å². The van der Waals surface area contributed by atoms with Crippen LogP contribution in [0.4, 0.5) is 0 Å². The van der Waals surface area contributed by atoms with E-state index in [1.807, 2.05) is 13.0 Å². The minimum absolute atomic E-state index is 0.110. The number of aromatic nitrogens is 1. The summed E-state index contributed by atoms with van der Waals surface area (Å²) in [5.41, 5.74) is 1.07. The summed E-state index contributed by atoms with van der Waals surface area (Å²) < 4.78 is 24.4. The Morgan fingerprint density at radius 2 is 1.92 bits per heavy atom. The van der Waals surface area contributed by atoms with Gasteiger partial charge in [-0.25, -0.2) is 13.4 Å². The molecule has 0 aliphatic rings. The molecule has 2 aromatic rings. The van der Waals surface area contributed by atoms with Crippen molar-refractivity contribution in [3.63, 3.8) is 0 Å². The molecule has 0 saturated heterocycles. The molecule has 0 aliphatic carbocycles. The third-order valence-corrected chi connectivity index (χ3v) is 6.19. The summed E-state index contributed by atoms with van der Waals surface area (Å²) in [6, 6.07) is 8.54. The highest BCUT2D eigenvalue weighted by atomic mass is 32.2. The van der Waals surface area contributed by atoms with Crippen LogP contribution in [0.5, 0.6) is 0 Å². The normalized spacial score (nSPS) is 12.2. The average Bonchev–Trinajstić information content (AvgIpc) is 3.03. The summed E-state index contributed by atoms with van der Waals surface area (Å²) >= 11 is 1.64. The first-order chi connectivity index (χ1) is 12.0. The zero-order valence-electron chi connectivity index (χ0n) is 14.5. The van der Waals surface area contributed by atoms with Crippen LogP contribution in [-0.4, -0.2) is 45.3 Å². The molecule has 0 fully saturated rings. The highest BCUT2D eigenvalue weighted by Gasteiger charge is 2.13. The lowest BCUT2D eigenvalue weighted by Gasteiger charge is -2.11. The molecule has 6 nitrogen and oxygen atoms in total. The molecule has 0 saturated carbocycles. The van der Waals surface area contributed by atoms with Crippen molar-refractivity contribution in [2.45, 2.75) is 24.7 Å². The average molecular weight is 381 g/mol. The predicted octanol–water partition coefficient (Wildman–Crippen LogP) is 2.02. The first-order valence-electron chi connectivity index (χ1n) is 8.14. The highest BCUT2D eigenvalue weighted by Crippen LogP contribution is 2.10. The fourth-order valence-corrected chi connectivity index (χ4v) is 4.25. The molecule has 0 spiro atoms. The zero-order chi connectivity index (χ0) is 18.1. The molecular weight excluding hydrogens is 356 g/mol. The Bertz CT molecular complexity index is 786. The quantitative estimate of drug-likeness (QED) is 0.416. The largest absolute Gasteiger partial charge is 0.356 e. The number of rotatable bonds is 8. The van der Waals surface area contributed by atoms with Crippen LogP contribution >= 0.6 is 11.3 Å². The van der Waals surface area contributed by atoms with Crippen LogP contribution in [0.3, 0.4) is 0 Å². The summed E-state index contributed by atoms with van der Waals surface area (Å²) in [5.74, 6) is 0.781. The first-order valence-corrected chi connectivity index (χ1v) is 10.7. The molecule has 2 rings (SSSR count). The number of hydrogen-bond donors (Lipinski definition) is 2. The maximum atomic E-state index is 12.2. The van der Waals surface area contributed by atoms with Crippen LogP contribution < -0.4 is 10.6 Å². The molecule has 136 valence electrons. The van der Waals surface area contributed by atoms with E-state index in [0.29, 0.717) is 23.8 Å². The van der Waals surface area contributed by atoms with Crippen molar-refractivity contribution < 1.29 is 8.42 Å². The van der Waals surface area contributed by atoms with Gasteiger partial charge in [-0.3, -0.25) is 4.99 Å². The van der Waals surface area contributed by atoms with Crippen molar-refractivity contribution in [1.82, 2.24) is 15.6 Å². The fraction of sp³-hybridized carbons (Fsp3) is 0.412. The van der Waals surface area contributed by atoms with Crippen LogP contribution in [0.25, 0.3) is 0 Å². The Morgan fingerprint density at radius 3 is 2.56 bits per heavy atom. The summed E-state index contributed by atoms with van der Waals surface area (Å²) in [6.07, 6.45) is 1.34. The number of nitrogens with zero attached hydrogens (tertiary/aromatic N) is 2. The van der Waals surface area contributed by atoms with Gasteiger partial charge in [-0.15, -0.1) is 11.3 Å². The number of thiazole rings is 1. The van der Waals surface area contributed by atoms with E-state index in [2.05, 4.69) is 26.0 Å². The Kier molecular flexibility index (Phi) is 7.39. The second kappa shape index (κ2) is 9.53. The molecule has 0 unspecified atom stereocenters. The van der Waals surface area contributed by atoms with Gasteiger partial charge in [0.2, 0.25) is 0 Å². The molecule has 1 aromatic carbocycles.